The van der Waals surface area contributed by atoms with E-state index in [1.165, 1.54) is 0 Å². The number of nitrogens with zero attached hydrogens (tertiary/aromatic N) is 1. The van der Waals surface area contributed by atoms with E-state index in [0.29, 0.717) is 5.92 Å². The molecular formula is C16H25ClN2O. The van der Waals surface area contributed by atoms with Gasteiger partial charge in [0.25, 0.3) is 0 Å². The highest BCUT2D eigenvalue weighted by molar-refractivity contribution is 5.95. The van der Waals surface area contributed by atoms with E-state index in [1.807, 2.05) is 35.2 Å². The Bertz CT molecular complexity index is 406. The van der Waals surface area contributed by atoms with Crippen LogP contribution in [0, 0.1) is 11.8 Å². The molecule has 1 N–H and O–H groups in total. The Morgan fingerprint density at radius 3 is 2.50 bits per heavy atom. The third-order valence-electron chi connectivity index (χ3n) is 3.98. The molecule has 1 aromatic carbocycles. The smallest absolute Gasteiger partial charge is 0.230 e. The van der Waals surface area contributed by atoms with Gasteiger partial charge in [0.1, 0.15) is 0 Å². The Kier molecular flexibility index (Phi) is 7.03. The Labute approximate surface area is 128 Å². The molecule has 1 heterocycles. The molecule has 1 aliphatic heterocycles. The maximum Gasteiger partial charge on any atom is 0.230 e. The van der Waals surface area contributed by atoms with Crippen LogP contribution in [0.4, 0.5) is 5.69 Å². The van der Waals surface area contributed by atoms with Gasteiger partial charge in [-0.15, -0.1) is 12.4 Å². The molecule has 0 saturated carbocycles. The minimum Gasteiger partial charge on any atom is -0.316 e. The summed E-state index contributed by atoms with van der Waals surface area (Å²) in [6.45, 7) is 7.00. The molecule has 0 spiro atoms. The monoisotopic (exact) mass is 296 g/mol. The lowest BCUT2D eigenvalue weighted by atomic mass is 9.87. The van der Waals surface area contributed by atoms with Crippen molar-refractivity contribution in [2.45, 2.75) is 26.7 Å². The highest BCUT2D eigenvalue weighted by Gasteiger charge is 2.31. The quantitative estimate of drug-likeness (QED) is 0.875. The first-order chi connectivity index (χ1) is 9.24. The number of halogens is 1. The van der Waals surface area contributed by atoms with Crippen molar-refractivity contribution in [2.24, 2.45) is 11.8 Å². The predicted molar refractivity (Wildman–Crippen MR) is 86.5 cm³/mol. The first kappa shape index (κ1) is 17.0. The molecule has 0 aromatic heterocycles. The third-order valence-corrected chi connectivity index (χ3v) is 3.98. The van der Waals surface area contributed by atoms with Crippen LogP contribution in [0.15, 0.2) is 30.3 Å². The number of hydrogen-bond donors (Lipinski definition) is 1. The van der Waals surface area contributed by atoms with Gasteiger partial charge in [0.15, 0.2) is 0 Å². The fraction of sp³-hybridized carbons (Fsp3) is 0.562. The highest BCUT2D eigenvalue weighted by atomic mass is 35.5. The average molecular weight is 297 g/mol. The second-order valence-electron chi connectivity index (χ2n) is 5.39. The molecule has 1 unspecified atom stereocenters. The number of nitrogens with one attached hydrogen (secondary N) is 1. The molecule has 4 heteroatoms. The summed E-state index contributed by atoms with van der Waals surface area (Å²) in [7, 11) is 0. The van der Waals surface area contributed by atoms with Crippen molar-refractivity contribution in [3.63, 3.8) is 0 Å². The van der Waals surface area contributed by atoms with Gasteiger partial charge in [-0.05, 0) is 37.6 Å². The zero-order valence-electron chi connectivity index (χ0n) is 12.3. The number of anilines is 1. The number of benzene rings is 1. The van der Waals surface area contributed by atoms with Gasteiger partial charge in [-0.1, -0.05) is 38.5 Å². The van der Waals surface area contributed by atoms with Gasteiger partial charge >= 0.3 is 0 Å². The number of amides is 1. The number of carbonyl (C=O) groups is 1. The lowest BCUT2D eigenvalue weighted by molar-refractivity contribution is -0.124. The van der Waals surface area contributed by atoms with Crippen LogP contribution < -0.4 is 10.2 Å². The molecule has 1 aliphatic rings. The average Bonchev–Trinajstić information content (AvgIpc) is 2.38. The van der Waals surface area contributed by atoms with E-state index >= 15 is 0 Å². The second-order valence-corrected chi connectivity index (χ2v) is 5.39. The zero-order chi connectivity index (χ0) is 13.7. The highest BCUT2D eigenvalue weighted by Crippen LogP contribution is 2.23. The van der Waals surface area contributed by atoms with Crippen LogP contribution >= 0.6 is 12.4 Å². The number of carbonyl (C=O) groups excluding carboxylic acids is 1. The van der Waals surface area contributed by atoms with Crippen molar-refractivity contribution >= 4 is 24.0 Å². The van der Waals surface area contributed by atoms with Crippen LogP contribution in [0.25, 0.3) is 0 Å². The van der Waals surface area contributed by atoms with Crippen molar-refractivity contribution in [1.82, 2.24) is 5.32 Å². The fourth-order valence-electron chi connectivity index (χ4n) is 2.40. The number of rotatable bonds is 6. The van der Waals surface area contributed by atoms with E-state index < -0.39 is 0 Å². The van der Waals surface area contributed by atoms with E-state index in [1.54, 1.807) is 0 Å². The molecule has 112 valence electrons. The number of unbranched alkanes of at least 4 members (excludes halogenated alkanes) is 1. The molecule has 2 rings (SSSR count). The molecule has 0 radical (unpaired) electrons. The van der Waals surface area contributed by atoms with Crippen molar-refractivity contribution in [3.05, 3.63) is 30.3 Å². The predicted octanol–water partition coefficient (Wildman–Crippen LogP) is 3.10. The van der Waals surface area contributed by atoms with Gasteiger partial charge in [0.2, 0.25) is 5.91 Å². The molecule has 1 saturated heterocycles. The van der Waals surface area contributed by atoms with Gasteiger partial charge < -0.3 is 10.2 Å². The molecule has 1 aromatic rings. The molecule has 1 amide bonds. The first-order valence-electron chi connectivity index (χ1n) is 7.31. The molecule has 20 heavy (non-hydrogen) atoms. The largest absolute Gasteiger partial charge is 0.316 e. The summed E-state index contributed by atoms with van der Waals surface area (Å²) in [5.41, 5.74) is 1.03. The zero-order valence-corrected chi connectivity index (χ0v) is 13.2. The van der Waals surface area contributed by atoms with Crippen LogP contribution in [0.3, 0.4) is 0 Å². The first-order valence-corrected chi connectivity index (χ1v) is 7.31. The lowest BCUT2D eigenvalue weighted by Gasteiger charge is -2.35. The minimum absolute atomic E-state index is 0. The number of para-hydroxylation sites is 1. The minimum atomic E-state index is 0. The Morgan fingerprint density at radius 2 is 2.00 bits per heavy atom. The van der Waals surface area contributed by atoms with Crippen molar-refractivity contribution in [3.8, 4) is 0 Å². The van der Waals surface area contributed by atoms with E-state index in [4.69, 9.17) is 0 Å². The maximum atomic E-state index is 12.7. The molecule has 1 fully saturated rings. The fourth-order valence-corrected chi connectivity index (χ4v) is 2.40. The van der Waals surface area contributed by atoms with Crippen LogP contribution in [0.2, 0.25) is 0 Å². The lowest BCUT2D eigenvalue weighted by Crippen LogP contribution is -2.50. The van der Waals surface area contributed by atoms with Gasteiger partial charge in [-0.2, -0.15) is 0 Å². The molecule has 0 bridgehead atoms. The van der Waals surface area contributed by atoms with Crippen LogP contribution in [-0.4, -0.2) is 25.5 Å². The summed E-state index contributed by atoms with van der Waals surface area (Å²) in [6, 6.07) is 10.0. The van der Waals surface area contributed by atoms with Gasteiger partial charge in [0, 0.05) is 18.2 Å². The standard InChI is InChI=1S/C16H24N2O.ClH/c1-3-4-10-18(15-8-6-5-7-9-15)16(19)13(2)14-11-17-12-14;/h5-9,13-14,17H,3-4,10-12H2,1-2H3;1H. The summed E-state index contributed by atoms with van der Waals surface area (Å²) >= 11 is 0. The van der Waals surface area contributed by atoms with Gasteiger partial charge in [0.05, 0.1) is 0 Å². The van der Waals surface area contributed by atoms with E-state index in [2.05, 4.69) is 19.2 Å². The summed E-state index contributed by atoms with van der Waals surface area (Å²) in [4.78, 5) is 14.6. The summed E-state index contributed by atoms with van der Waals surface area (Å²) < 4.78 is 0. The second kappa shape index (κ2) is 8.28. The van der Waals surface area contributed by atoms with E-state index in [0.717, 1.165) is 38.2 Å². The Hall–Kier alpha value is -1.06. The third kappa shape index (κ3) is 3.97. The van der Waals surface area contributed by atoms with E-state index in [-0.39, 0.29) is 24.2 Å². The van der Waals surface area contributed by atoms with Crippen molar-refractivity contribution in [1.29, 1.82) is 0 Å². The SMILES string of the molecule is CCCCN(C(=O)C(C)C1CNC1)c1ccccc1.Cl. The Morgan fingerprint density at radius 1 is 1.35 bits per heavy atom. The Balaban J connectivity index is 0.00000200. The summed E-state index contributed by atoms with van der Waals surface area (Å²) in [6.07, 6.45) is 2.16. The molecule has 0 aliphatic carbocycles. The van der Waals surface area contributed by atoms with Crippen LogP contribution in [-0.2, 0) is 4.79 Å². The molecule has 3 nitrogen and oxygen atoms in total. The van der Waals surface area contributed by atoms with E-state index in [9.17, 15) is 4.79 Å². The van der Waals surface area contributed by atoms with Gasteiger partial charge in [-0.3, -0.25) is 4.79 Å². The van der Waals surface area contributed by atoms with Crippen LogP contribution in [0.1, 0.15) is 26.7 Å². The van der Waals surface area contributed by atoms with Crippen LogP contribution in [0.5, 0.6) is 0 Å². The summed E-state index contributed by atoms with van der Waals surface area (Å²) in [5, 5.41) is 3.25. The molecular weight excluding hydrogens is 272 g/mol. The van der Waals surface area contributed by atoms with Gasteiger partial charge in [-0.25, -0.2) is 0 Å². The van der Waals surface area contributed by atoms with Crippen molar-refractivity contribution < 1.29 is 4.79 Å². The number of hydrogen-bond acceptors (Lipinski definition) is 2. The molecule has 1 atom stereocenters. The topological polar surface area (TPSA) is 32.3 Å². The van der Waals surface area contributed by atoms with Crippen molar-refractivity contribution in [2.75, 3.05) is 24.5 Å². The summed E-state index contributed by atoms with van der Waals surface area (Å²) in [5.74, 6) is 0.879. The maximum absolute atomic E-state index is 12.7. The normalized spacial score (nSPS) is 15.9.